The van der Waals surface area contributed by atoms with Gasteiger partial charge in [0, 0.05) is 24.0 Å². The lowest BCUT2D eigenvalue weighted by molar-refractivity contribution is 0.302. The molecule has 0 fully saturated rings. The van der Waals surface area contributed by atoms with Crippen molar-refractivity contribution in [2.75, 3.05) is 19.6 Å². The lowest BCUT2D eigenvalue weighted by Gasteiger charge is -2.23. The Bertz CT molecular complexity index is 309. The fraction of sp³-hybridized carbons (Fsp3) is 0.786. The van der Waals surface area contributed by atoms with Gasteiger partial charge in [-0.05, 0) is 37.8 Å². The lowest BCUT2D eigenvalue weighted by atomic mass is 9.84. The van der Waals surface area contributed by atoms with Crippen LogP contribution in [0.1, 0.15) is 51.0 Å². The average molecular weight is 269 g/mol. The molecule has 3 nitrogen and oxygen atoms in total. The lowest BCUT2D eigenvalue weighted by Crippen LogP contribution is -2.23. The van der Waals surface area contributed by atoms with Crippen LogP contribution in [0.15, 0.2) is 11.6 Å². The Morgan fingerprint density at radius 1 is 1.44 bits per heavy atom. The zero-order chi connectivity index (χ0) is 13.4. The van der Waals surface area contributed by atoms with E-state index >= 15 is 0 Å². The summed E-state index contributed by atoms with van der Waals surface area (Å²) in [5.74, 6) is 0.516. The van der Waals surface area contributed by atoms with Crippen molar-refractivity contribution >= 4 is 11.3 Å². The van der Waals surface area contributed by atoms with E-state index < -0.39 is 0 Å². The summed E-state index contributed by atoms with van der Waals surface area (Å²) in [5, 5.41) is 6.79. The quantitative estimate of drug-likeness (QED) is 0.678. The molecule has 1 atom stereocenters. The van der Waals surface area contributed by atoms with Crippen LogP contribution in [0.2, 0.25) is 0 Å². The molecule has 18 heavy (non-hydrogen) atoms. The molecule has 3 N–H and O–H groups in total. The van der Waals surface area contributed by atoms with Crippen molar-refractivity contribution in [3.05, 3.63) is 16.6 Å². The Morgan fingerprint density at radius 3 is 2.83 bits per heavy atom. The summed E-state index contributed by atoms with van der Waals surface area (Å²) in [6, 6.07) is 0. The largest absolute Gasteiger partial charge is 0.330 e. The van der Waals surface area contributed by atoms with Crippen LogP contribution in [0.5, 0.6) is 0 Å². The number of rotatable bonds is 9. The summed E-state index contributed by atoms with van der Waals surface area (Å²) in [5.41, 5.74) is 6.00. The molecule has 1 heterocycles. The molecule has 0 aromatic carbocycles. The minimum absolute atomic E-state index is 0.386. The second-order valence-corrected chi connectivity index (χ2v) is 6.71. The molecule has 1 aromatic heterocycles. The minimum Gasteiger partial charge on any atom is -0.330 e. The molecule has 0 saturated heterocycles. The van der Waals surface area contributed by atoms with Crippen molar-refractivity contribution in [1.82, 2.24) is 10.3 Å². The Morgan fingerprint density at radius 2 is 2.22 bits per heavy atom. The van der Waals surface area contributed by atoms with E-state index in [9.17, 15) is 0 Å². The van der Waals surface area contributed by atoms with Crippen LogP contribution in [0, 0.1) is 5.41 Å². The van der Waals surface area contributed by atoms with Gasteiger partial charge in [-0.3, -0.25) is 0 Å². The second kappa shape index (κ2) is 7.87. The van der Waals surface area contributed by atoms with Crippen LogP contribution < -0.4 is 11.1 Å². The fourth-order valence-electron chi connectivity index (χ4n) is 2.09. The van der Waals surface area contributed by atoms with E-state index in [4.69, 9.17) is 5.73 Å². The molecule has 1 rings (SSSR count). The van der Waals surface area contributed by atoms with Crippen LogP contribution in [-0.2, 0) is 0 Å². The van der Waals surface area contributed by atoms with Gasteiger partial charge in [0.05, 0.1) is 5.01 Å². The smallest absolute Gasteiger partial charge is 0.0965 e. The number of nitrogens with zero attached hydrogens (tertiary/aromatic N) is 1. The number of hydrogen-bond acceptors (Lipinski definition) is 4. The number of aromatic nitrogens is 1. The van der Waals surface area contributed by atoms with E-state index in [0.717, 1.165) is 26.1 Å². The van der Waals surface area contributed by atoms with Crippen molar-refractivity contribution in [1.29, 1.82) is 0 Å². The zero-order valence-corrected chi connectivity index (χ0v) is 12.7. The molecule has 0 aliphatic rings. The van der Waals surface area contributed by atoms with Crippen molar-refractivity contribution < 1.29 is 0 Å². The SMILES string of the molecule is CC(CNCCCC(C)(C)CCN)c1nccs1. The van der Waals surface area contributed by atoms with Crippen LogP contribution in [0.4, 0.5) is 0 Å². The van der Waals surface area contributed by atoms with Gasteiger partial charge < -0.3 is 11.1 Å². The van der Waals surface area contributed by atoms with Crippen LogP contribution >= 0.6 is 11.3 Å². The average Bonchev–Trinajstić information content (AvgIpc) is 2.81. The molecule has 104 valence electrons. The summed E-state index contributed by atoms with van der Waals surface area (Å²) in [7, 11) is 0. The molecule has 1 unspecified atom stereocenters. The Labute approximate surface area is 115 Å². The highest BCUT2D eigenvalue weighted by Gasteiger charge is 2.15. The predicted molar refractivity (Wildman–Crippen MR) is 80.1 cm³/mol. The van der Waals surface area contributed by atoms with Gasteiger partial charge in [-0.25, -0.2) is 4.98 Å². The summed E-state index contributed by atoms with van der Waals surface area (Å²) in [6.45, 7) is 9.73. The number of thiazole rings is 1. The van der Waals surface area contributed by atoms with E-state index in [-0.39, 0.29) is 0 Å². The monoisotopic (exact) mass is 269 g/mol. The highest BCUT2D eigenvalue weighted by atomic mass is 32.1. The fourth-order valence-corrected chi connectivity index (χ4v) is 2.79. The topological polar surface area (TPSA) is 50.9 Å². The van der Waals surface area contributed by atoms with E-state index in [0.29, 0.717) is 11.3 Å². The van der Waals surface area contributed by atoms with Gasteiger partial charge in [0.2, 0.25) is 0 Å². The van der Waals surface area contributed by atoms with Crippen LogP contribution in [-0.4, -0.2) is 24.6 Å². The van der Waals surface area contributed by atoms with E-state index in [1.165, 1.54) is 17.8 Å². The first kappa shape index (κ1) is 15.6. The van der Waals surface area contributed by atoms with Crippen molar-refractivity contribution in [2.45, 2.75) is 46.0 Å². The maximum absolute atomic E-state index is 5.62. The molecule has 0 aliphatic carbocycles. The summed E-state index contributed by atoms with van der Waals surface area (Å²) in [4.78, 5) is 4.34. The maximum atomic E-state index is 5.62. The second-order valence-electron chi connectivity index (χ2n) is 5.78. The Balaban J connectivity index is 2.08. The van der Waals surface area contributed by atoms with Gasteiger partial charge >= 0.3 is 0 Å². The molecular weight excluding hydrogens is 242 g/mol. The molecule has 0 radical (unpaired) electrons. The molecule has 1 aromatic rings. The highest BCUT2D eigenvalue weighted by Crippen LogP contribution is 2.25. The molecule has 0 saturated carbocycles. The normalized spacial score (nSPS) is 13.8. The van der Waals surface area contributed by atoms with Crippen molar-refractivity contribution in [2.24, 2.45) is 11.1 Å². The number of hydrogen-bond donors (Lipinski definition) is 2. The van der Waals surface area contributed by atoms with Gasteiger partial charge in [-0.15, -0.1) is 11.3 Å². The third-order valence-corrected chi connectivity index (χ3v) is 4.36. The van der Waals surface area contributed by atoms with Crippen LogP contribution in [0.3, 0.4) is 0 Å². The molecule has 0 spiro atoms. The third-order valence-electron chi connectivity index (χ3n) is 3.35. The number of nitrogens with two attached hydrogens (primary N) is 1. The minimum atomic E-state index is 0.386. The van der Waals surface area contributed by atoms with Gasteiger partial charge in [0.1, 0.15) is 0 Å². The third kappa shape index (κ3) is 5.94. The van der Waals surface area contributed by atoms with Crippen molar-refractivity contribution in [3.63, 3.8) is 0 Å². The van der Waals surface area contributed by atoms with E-state index in [1.807, 2.05) is 11.6 Å². The molecular formula is C14H27N3S. The Kier molecular flexibility index (Phi) is 6.82. The first-order valence-corrected chi connectivity index (χ1v) is 7.73. The van der Waals surface area contributed by atoms with E-state index in [2.05, 4.69) is 31.1 Å². The maximum Gasteiger partial charge on any atom is 0.0965 e. The predicted octanol–water partition coefficient (Wildman–Crippen LogP) is 2.99. The molecule has 4 heteroatoms. The van der Waals surface area contributed by atoms with Gasteiger partial charge in [-0.1, -0.05) is 20.8 Å². The standard InChI is InChI=1S/C14H27N3S/c1-12(13-17-9-10-18-13)11-16-8-4-5-14(2,3)6-7-15/h9-10,12,16H,4-8,11,15H2,1-3H3. The number of nitrogens with one attached hydrogen (secondary N) is 1. The summed E-state index contributed by atoms with van der Waals surface area (Å²) >= 11 is 1.74. The van der Waals surface area contributed by atoms with Gasteiger partial charge in [-0.2, -0.15) is 0 Å². The molecule has 0 bridgehead atoms. The molecule has 0 aliphatic heterocycles. The zero-order valence-electron chi connectivity index (χ0n) is 11.9. The highest BCUT2D eigenvalue weighted by molar-refractivity contribution is 7.09. The summed E-state index contributed by atoms with van der Waals surface area (Å²) in [6.07, 6.45) is 5.45. The van der Waals surface area contributed by atoms with Gasteiger partial charge in [0.15, 0.2) is 0 Å². The first-order chi connectivity index (χ1) is 8.55. The first-order valence-electron chi connectivity index (χ1n) is 6.85. The Hall–Kier alpha value is -0.450. The van der Waals surface area contributed by atoms with Crippen LogP contribution in [0.25, 0.3) is 0 Å². The van der Waals surface area contributed by atoms with E-state index in [1.54, 1.807) is 11.3 Å². The van der Waals surface area contributed by atoms with Crippen molar-refractivity contribution in [3.8, 4) is 0 Å². The summed E-state index contributed by atoms with van der Waals surface area (Å²) < 4.78 is 0. The van der Waals surface area contributed by atoms with Gasteiger partial charge in [0.25, 0.3) is 0 Å². The molecule has 0 amide bonds.